The molecule has 0 saturated heterocycles. The average molecular weight is 434 g/mol. The minimum absolute atomic E-state index is 0.0699. The molecule has 0 saturated carbocycles. The topological polar surface area (TPSA) is 106 Å². The van der Waals surface area contributed by atoms with Crippen LogP contribution in [0.4, 0.5) is 0 Å². The molecule has 32 heavy (non-hydrogen) atoms. The van der Waals surface area contributed by atoms with Crippen molar-refractivity contribution in [1.29, 1.82) is 0 Å². The van der Waals surface area contributed by atoms with E-state index >= 15 is 0 Å². The summed E-state index contributed by atoms with van der Waals surface area (Å²) < 4.78 is 16.1. The molecule has 0 aromatic heterocycles. The van der Waals surface area contributed by atoms with Gasteiger partial charge in [0.25, 0.3) is 5.91 Å². The highest BCUT2D eigenvalue weighted by Crippen LogP contribution is 2.28. The Morgan fingerprint density at radius 3 is 2.31 bits per heavy atom. The van der Waals surface area contributed by atoms with E-state index in [0.29, 0.717) is 34.8 Å². The second-order valence-electron chi connectivity index (χ2n) is 6.50. The highest BCUT2D eigenvalue weighted by Gasteiger charge is 2.13. The summed E-state index contributed by atoms with van der Waals surface area (Å²) in [5, 5.41) is 13.2. The van der Waals surface area contributed by atoms with Crippen molar-refractivity contribution in [1.82, 2.24) is 5.43 Å². The predicted octanol–water partition coefficient (Wildman–Crippen LogP) is 3.78. The van der Waals surface area contributed by atoms with Gasteiger partial charge in [0, 0.05) is 5.56 Å². The van der Waals surface area contributed by atoms with Crippen LogP contribution in [0.5, 0.6) is 23.0 Å². The summed E-state index contributed by atoms with van der Waals surface area (Å²) in [5.41, 5.74) is 3.75. The SMILES string of the molecule is CCOc1ccc(C(=O)Oc2ccc(/C=N\NC(=O)c3ccc(O)cc3)cc2OC)cc1. The molecule has 0 heterocycles. The molecule has 8 nitrogen and oxygen atoms in total. The number of benzene rings is 3. The standard InChI is InChI=1S/C24H22N2O6/c1-3-31-20-11-7-18(8-12-20)24(29)32-21-13-4-16(14-22(21)30-2)15-25-26-23(28)17-5-9-19(27)10-6-17/h4-15,27H,3H2,1-2H3,(H,26,28)/b25-15-. The van der Waals surface area contributed by atoms with Gasteiger partial charge in [0.1, 0.15) is 11.5 Å². The third kappa shape index (κ3) is 5.85. The molecule has 0 aliphatic rings. The maximum absolute atomic E-state index is 12.4. The number of amides is 1. The van der Waals surface area contributed by atoms with Crippen molar-refractivity contribution >= 4 is 18.1 Å². The van der Waals surface area contributed by atoms with E-state index in [2.05, 4.69) is 10.5 Å². The van der Waals surface area contributed by atoms with E-state index in [1.807, 2.05) is 6.92 Å². The number of rotatable bonds is 8. The fraction of sp³-hybridized carbons (Fsp3) is 0.125. The first-order chi connectivity index (χ1) is 15.5. The zero-order chi connectivity index (χ0) is 22.9. The molecule has 8 heteroatoms. The summed E-state index contributed by atoms with van der Waals surface area (Å²) in [6.45, 7) is 2.42. The summed E-state index contributed by atoms with van der Waals surface area (Å²) in [6.07, 6.45) is 1.43. The summed E-state index contributed by atoms with van der Waals surface area (Å²) in [5.74, 6) is 0.362. The molecule has 164 valence electrons. The molecule has 3 aromatic carbocycles. The number of phenols is 1. The fourth-order valence-electron chi connectivity index (χ4n) is 2.70. The Morgan fingerprint density at radius 1 is 0.969 bits per heavy atom. The Balaban J connectivity index is 1.64. The summed E-state index contributed by atoms with van der Waals surface area (Å²) in [7, 11) is 1.46. The van der Waals surface area contributed by atoms with Crippen molar-refractivity contribution < 1.29 is 28.9 Å². The smallest absolute Gasteiger partial charge is 0.343 e. The van der Waals surface area contributed by atoms with Gasteiger partial charge in [-0.05, 0) is 79.2 Å². The van der Waals surface area contributed by atoms with Crippen LogP contribution in [0.15, 0.2) is 71.8 Å². The zero-order valence-corrected chi connectivity index (χ0v) is 17.6. The summed E-state index contributed by atoms with van der Waals surface area (Å²) in [6, 6.07) is 17.3. The van der Waals surface area contributed by atoms with Crippen LogP contribution in [0.1, 0.15) is 33.2 Å². The first-order valence-electron chi connectivity index (χ1n) is 9.75. The quantitative estimate of drug-likeness (QED) is 0.242. The molecule has 0 bridgehead atoms. The molecule has 0 aliphatic heterocycles. The molecule has 1 amide bonds. The minimum atomic E-state index is -0.533. The number of carbonyl (C=O) groups excluding carboxylic acids is 2. The molecule has 3 aromatic rings. The van der Waals surface area contributed by atoms with E-state index < -0.39 is 11.9 Å². The Hall–Kier alpha value is -4.33. The number of ether oxygens (including phenoxy) is 3. The van der Waals surface area contributed by atoms with Crippen LogP contribution in [0.25, 0.3) is 0 Å². The molecule has 3 rings (SSSR count). The third-order valence-corrected chi connectivity index (χ3v) is 4.30. The van der Waals surface area contributed by atoms with E-state index in [9.17, 15) is 14.7 Å². The number of phenolic OH excluding ortho intramolecular Hbond substituents is 1. The number of methoxy groups -OCH3 is 1. The molecule has 0 atom stereocenters. The van der Waals surface area contributed by atoms with E-state index in [-0.39, 0.29) is 11.5 Å². The lowest BCUT2D eigenvalue weighted by molar-refractivity contribution is 0.0729. The van der Waals surface area contributed by atoms with Crippen LogP contribution in [-0.4, -0.2) is 36.9 Å². The van der Waals surface area contributed by atoms with Gasteiger partial charge in [-0.1, -0.05) is 0 Å². The van der Waals surface area contributed by atoms with Gasteiger partial charge >= 0.3 is 5.97 Å². The highest BCUT2D eigenvalue weighted by molar-refractivity contribution is 5.95. The molecular formula is C24H22N2O6. The third-order valence-electron chi connectivity index (χ3n) is 4.30. The van der Waals surface area contributed by atoms with Crippen LogP contribution in [0, 0.1) is 0 Å². The van der Waals surface area contributed by atoms with E-state index in [1.54, 1.807) is 42.5 Å². The molecule has 0 unspecified atom stereocenters. The normalized spacial score (nSPS) is 10.6. The van der Waals surface area contributed by atoms with Gasteiger partial charge in [-0.25, -0.2) is 10.2 Å². The second kappa shape index (κ2) is 10.6. The van der Waals surface area contributed by atoms with E-state index in [4.69, 9.17) is 14.2 Å². The maximum atomic E-state index is 12.4. The Morgan fingerprint density at radius 2 is 1.66 bits per heavy atom. The number of hydrogen-bond donors (Lipinski definition) is 2. The van der Waals surface area contributed by atoms with Gasteiger partial charge in [0.2, 0.25) is 0 Å². The molecule has 0 aliphatic carbocycles. The number of esters is 1. The van der Waals surface area contributed by atoms with Gasteiger partial charge in [-0.2, -0.15) is 5.10 Å². The molecule has 0 fully saturated rings. The van der Waals surface area contributed by atoms with Gasteiger partial charge in [0.15, 0.2) is 11.5 Å². The van der Waals surface area contributed by atoms with Crippen molar-refractivity contribution in [2.75, 3.05) is 13.7 Å². The van der Waals surface area contributed by atoms with Gasteiger partial charge < -0.3 is 19.3 Å². The lowest BCUT2D eigenvalue weighted by Gasteiger charge is -2.10. The first-order valence-corrected chi connectivity index (χ1v) is 9.75. The number of nitrogens with one attached hydrogen (secondary N) is 1. The van der Waals surface area contributed by atoms with Crippen LogP contribution in [-0.2, 0) is 0 Å². The number of nitrogens with zero attached hydrogens (tertiary/aromatic N) is 1. The lowest BCUT2D eigenvalue weighted by atomic mass is 10.2. The average Bonchev–Trinajstić information content (AvgIpc) is 2.81. The Kier molecular flexibility index (Phi) is 7.42. The number of carbonyl (C=O) groups is 2. The van der Waals surface area contributed by atoms with Crippen LogP contribution >= 0.6 is 0 Å². The van der Waals surface area contributed by atoms with Crippen LogP contribution in [0.2, 0.25) is 0 Å². The largest absolute Gasteiger partial charge is 0.508 e. The van der Waals surface area contributed by atoms with Crippen LogP contribution in [0.3, 0.4) is 0 Å². The molecule has 0 spiro atoms. The molecule has 0 radical (unpaired) electrons. The van der Waals surface area contributed by atoms with Gasteiger partial charge in [0.05, 0.1) is 25.5 Å². The van der Waals surface area contributed by atoms with Crippen molar-refractivity contribution in [3.8, 4) is 23.0 Å². The fourth-order valence-corrected chi connectivity index (χ4v) is 2.70. The summed E-state index contributed by atoms with van der Waals surface area (Å²) in [4.78, 5) is 24.5. The van der Waals surface area contributed by atoms with E-state index in [0.717, 1.165) is 0 Å². The van der Waals surface area contributed by atoms with Crippen LogP contribution < -0.4 is 19.6 Å². The number of hydrogen-bond acceptors (Lipinski definition) is 7. The van der Waals surface area contributed by atoms with Crippen molar-refractivity contribution in [2.24, 2.45) is 5.10 Å². The van der Waals surface area contributed by atoms with Crippen molar-refractivity contribution in [2.45, 2.75) is 6.92 Å². The molecular weight excluding hydrogens is 412 g/mol. The monoisotopic (exact) mass is 434 g/mol. The zero-order valence-electron chi connectivity index (χ0n) is 17.6. The second-order valence-corrected chi connectivity index (χ2v) is 6.50. The van der Waals surface area contributed by atoms with Gasteiger partial charge in [-0.3, -0.25) is 4.79 Å². The number of aromatic hydroxyl groups is 1. The molecule has 2 N–H and O–H groups in total. The lowest BCUT2D eigenvalue weighted by Crippen LogP contribution is -2.17. The highest BCUT2D eigenvalue weighted by atomic mass is 16.6. The first kappa shape index (κ1) is 22.4. The predicted molar refractivity (Wildman–Crippen MR) is 119 cm³/mol. The maximum Gasteiger partial charge on any atom is 0.343 e. The van der Waals surface area contributed by atoms with Gasteiger partial charge in [-0.15, -0.1) is 0 Å². The minimum Gasteiger partial charge on any atom is -0.508 e. The summed E-state index contributed by atoms with van der Waals surface area (Å²) >= 11 is 0. The van der Waals surface area contributed by atoms with E-state index in [1.165, 1.54) is 37.6 Å². The van der Waals surface area contributed by atoms with Crippen molar-refractivity contribution in [3.63, 3.8) is 0 Å². The number of hydrazone groups is 1. The Bertz CT molecular complexity index is 1110. The van der Waals surface area contributed by atoms with Crippen molar-refractivity contribution in [3.05, 3.63) is 83.4 Å². The Labute approximate surface area is 185 Å².